The summed E-state index contributed by atoms with van der Waals surface area (Å²) in [4.78, 5) is 31.6. The predicted molar refractivity (Wildman–Crippen MR) is 155 cm³/mol. The quantitative estimate of drug-likeness (QED) is 0.328. The summed E-state index contributed by atoms with van der Waals surface area (Å²) in [6.45, 7) is 2.10. The first kappa shape index (κ1) is 26.0. The van der Waals surface area contributed by atoms with Crippen molar-refractivity contribution in [3.05, 3.63) is 47.5 Å². The van der Waals surface area contributed by atoms with Crippen molar-refractivity contribution in [2.75, 3.05) is 32.9 Å². The molecular formula is C31H35FN6O3. The Morgan fingerprint density at radius 2 is 2.05 bits per heavy atom. The molecule has 1 unspecified atom stereocenters. The number of halogens is 1. The molecule has 2 amide bonds. The second-order valence-electron chi connectivity index (χ2n) is 11.9. The number of nitrogens with one attached hydrogen (secondary N) is 1. The highest BCUT2D eigenvalue weighted by molar-refractivity contribution is 6.01. The van der Waals surface area contributed by atoms with E-state index in [0.29, 0.717) is 44.0 Å². The molecule has 1 saturated heterocycles. The molecule has 3 aliphatic rings. The predicted octanol–water partition coefficient (Wildman–Crippen LogP) is 3.42. The molecule has 2 atom stereocenters. The largest absolute Gasteiger partial charge is 0.491 e. The molecule has 0 spiro atoms. The van der Waals surface area contributed by atoms with Crippen LogP contribution in [0.1, 0.15) is 35.2 Å². The number of carbonyl (C=O) groups is 2. The molecule has 2 aromatic carbocycles. The van der Waals surface area contributed by atoms with Crippen molar-refractivity contribution in [1.82, 2.24) is 24.3 Å². The van der Waals surface area contributed by atoms with Gasteiger partial charge in [-0.1, -0.05) is 12.1 Å². The summed E-state index contributed by atoms with van der Waals surface area (Å²) in [7, 11) is 2.02. The highest BCUT2D eigenvalue weighted by Gasteiger charge is 2.30. The van der Waals surface area contributed by atoms with Crippen LogP contribution in [0.5, 0.6) is 5.75 Å². The van der Waals surface area contributed by atoms with Crippen molar-refractivity contribution >= 4 is 33.8 Å². The van der Waals surface area contributed by atoms with Gasteiger partial charge in [0, 0.05) is 56.5 Å². The molecule has 1 aliphatic carbocycles. The average Bonchev–Trinajstić information content (AvgIpc) is 3.45. The minimum absolute atomic E-state index is 0.0810. The number of carbonyl (C=O) groups excluding carboxylic acids is 2. The number of alkyl halides is 1. The number of fused-ring (bicyclic) bond motifs is 3. The van der Waals surface area contributed by atoms with Crippen molar-refractivity contribution in [2.24, 2.45) is 24.6 Å². The third-order valence-electron chi connectivity index (χ3n) is 8.71. The fourth-order valence-corrected chi connectivity index (χ4v) is 6.28. The van der Waals surface area contributed by atoms with Crippen LogP contribution in [0.2, 0.25) is 0 Å². The van der Waals surface area contributed by atoms with E-state index in [-0.39, 0.29) is 24.3 Å². The molecule has 214 valence electrons. The normalized spacial score (nSPS) is 19.7. The number of aromatic nitrogens is 3. The van der Waals surface area contributed by atoms with Crippen molar-refractivity contribution in [2.45, 2.75) is 38.3 Å². The maximum absolute atomic E-state index is 13.3. The highest BCUT2D eigenvalue weighted by atomic mass is 19.1. The van der Waals surface area contributed by atoms with E-state index in [0.717, 1.165) is 51.3 Å². The molecule has 9 nitrogen and oxygen atoms in total. The zero-order valence-corrected chi connectivity index (χ0v) is 23.2. The maximum atomic E-state index is 13.3. The number of amides is 2. The molecular weight excluding hydrogens is 523 g/mol. The van der Waals surface area contributed by atoms with Gasteiger partial charge in [-0.3, -0.25) is 9.59 Å². The lowest BCUT2D eigenvalue weighted by Gasteiger charge is -2.30. The Kier molecular flexibility index (Phi) is 6.45. The number of nitrogens with zero attached hydrogens (tertiary/aromatic N) is 4. The molecule has 4 heterocycles. The minimum atomic E-state index is -0.676. The van der Waals surface area contributed by atoms with Crippen LogP contribution in [-0.2, 0) is 24.8 Å². The van der Waals surface area contributed by atoms with Crippen LogP contribution in [0, 0.1) is 11.8 Å². The van der Waals surface area contributed by atoms with Crippen LogP contribution in [0.3, 0.4) is 0 Å². The third-order valence-corrected chi connectivity index (χ3v) is 8.71. The van der Waals surface area contributed by atoms with Gasteiger partial charge in [-0.2, -0.15) is 0 Å². The third kappa shape index (κ3) is 4.73. The molecule has 1 saturated carbocycles. The molecule has 41 heavy (non-hydrogen) atoms. The lowest BCUT2D eigenvalue weighted by molar-refractivity contribution is -0.119. The van der Waals surface area contributed by atoms with Gasteiger partial charge < -0.3 is 29.8 Å². The Labute approximate surface area is 237 Å². The number of imidazole rings is 1. The van der Waals surface area contributed by atoms with Crippen LogP contribution in [0.4, 0.5) is 4.39 Å². The molecule has 10 heteroatoms. The number of aryl methyl sites for hydroxylation is 1. The first-order chi connectivity index (χ1) is 19.9. The minimum Gasteiger partial charge on any atom is -0.491 e. The van der Waals surface area contributed by atoms with Crippen LogP contribution in [-0.4, -0.2) is 69.8 Å². The molecule has 3 N–H and O–H groups in total. The van der Waals surface area contributed by atoms with Crippen molar-refractivity contribution in [3.8, 4) is 17.3 Å². The van der Waals surface area contributed by atoms with Gasteiger partial charge in [0.25, 0.3) is 5.91 Å². The zero-order valence-electron chi connectivity index (χ0n) is 23.2. The first-order valence-electron chi connectivity index (χ1n) is 14.5. The molecule has 2 fully saturated rings. The first-order valence-corrected chi connectivity index (χ1v) is 14.5. The van der Waals surface area contributed by atoms with Crippen LogP contribution < -0.4 is 15.8 Å². The van der Waals surface area contributed by atoms with E-state index in [9.17, 15) is 14.0 Å². The number of rotatable bonds is 9. The van der Waals surface area contributed by atoms with Gasteiger partial charge in [0.2, 0.25) is 5.91 Å². The van der Waals surface area contributed by atoms with E-state index >= 15 is 0 Å². The molecule has 2 aliphatic heterocycles. The van der Waals surface area contributed by atoms with Gasteiger partial charge in [-0.25, -0.2) is 9.37 Å². The maximum Gasteiger partial charge on any atom is 0.254 e. The van der Waals surface area contributed by atoms with E-state index in [1.54, 1.807) is 4.90 Å². The van der Waals surface area contributed by atoms with Gasteiger partial charge in [0.15, 0.2) is 5.82 Å². The zero-order chi connectivity index (χ0) is 28.2. The second-order valence-corrected chi connectivity index (χ2v) is 11.9. The van der Waals surface area contributed by atoms with E-state index in [1.165, 1.54) is 12.8 Å². The number of hydrogen-bond donors (Lipinski definition) is 2. The average molecular weight is 559 g/mol. The van der Waals surface area contributed by atoms with Gasteiger partial charge in [0.05, 0.1) is 34.9 Å². The summed E-state index contributed by atoms with van der Waals surface area (Å²) in [6, 6.07) is 11.6. The second kappa shape index (κ2) is 10.2. The number of benzene rings is 2. The molecule has 0 radical (unpaired) electrons. The van der Waals surface area contributed by atoms with Crippen LogP contribution in [0.25, 0.3) is 33.5 Å². The standard InChI is InChI=1S/C31H35FN6O3/c1-36-25-10-20-7-8-37(16-22(33)13-32)31(40)23(20)12-24(25)35-30(36)26-11-21-3-2-4-27(29(21)38(26)15-18-5-6-18)41-17-19-9-28(39)34-14-19/h2-4,10-12,18-19,22H,5-9,13-17,33H2,1H3,(H,34,39)/t19?,22-/m1/s1. The lowest BCUT2D eigenvalue weighted by atomic mass is 9.97. The van der Waals surface area contributed by atoms with E-state index in [1.807, 2.05) is 25.2 Å². The summed E-state index contributed by atoms with van der Waals surface area (Å²) in [6.07, 6.45) is 3.61. The van der Waals surface area contributed by atoms with Gasteiger partial charge >= 0.3 is 0 Å². The highest BCUT2D eigenvalue weighted by Crippen LogP contribution is 2.39. The molecule has 4 aromatic rings. The topological polar surface area (TPSA) is 107 Å². The van der Waals surface area contributed by atoms with Crippen molar-refractivity contribution < 1.29 is 18.7 Å². The molecule has 2 aromatic heterocycles. The number of hydrogen-bond acceptors (Lipinski definition) is 5. The Hall–Kier alpha value is -3.92. The van der Waals surface area contributed by atoms with Gasteiger partial charge in [-0.15, -0.1) is 0 Å². The number of ether oxygens (including phenoxy) is 1. The van der Waals surface area contributed by atoms with Crippen molar-refractivity contribution in [1.29, 1.82) is 0 Å². The van der Waals surface area contributed by atoms with Gasteiger partial charge in [-0.05, 0) is 55.0 Å². The van der Waals surface area contributed by atoms with Crippen LogP contribution in [0.15, 0.2) is 36.4 Å². The summed E-state index contributed by atoms with van der Waals surface area (Å²) in [5.74, 6) is 2.40. The summed E-state index contributed by atoms with van der Waals surface area (Å²) in [5, 5.41) is 3.97. The number of para-hydroxylation sites is 1. The number of nitrogens with two attached hydrogens (primary N) is 1. The van der Waals surface area contributed by atoms with E-state index in [4.69, 9.17) is 15.5 Å². The Balaban J connectivity index is 1.28. The monoisotopic (exact) mass is 558 g/mol. The van der Waals surface area contributed by atoms with E-state index < -0.39 is 12.7 Å². The smallest absolute Gasteiger partial charge is 0.254 e. The Morgan fingerprint density at radius 1 is 1.20 bits per heavy atom. The van der Waals surface area contributed by atoms with Crippen LogP contribution >= 0.6 is 0 Å². The fourth-order valence-electron chi connectivity index (χ4n) is 6.28. The molecule has 0 bridgehead atoms. The summed E-state index contributed by atoms with van der Waals surface area (Å²) >= 11 is 0. The lowest BCUT2D eigenvalue weighted by Crippen LogP contribution is -2.45. The van der Waals surface area contributed by atoms with Crippen molar-refractivity contribution in [3.63, 3.8) is 0 Å². The fraction of sp³-hybridized carbons (Fsp3) is 0.452. The Morgan fingerprint density at radius 3 is 2.80 bits per heavy atom. The summed E-state index contributed by atoms with van der Waals surface area (Å²) in [5.41, 5.74) is 11.2. The van der Waals surface area contributed by atoms with E-state index in [2.05, 4.69) is 32.7 Å². The molecule has 7 rings (SSSR count). The SMILES string of the molecule is Cn1c(-c2cc3cccc(OCC4CNC(=O)C4)c3n2CC2CC2)nc2cc3c(cc21)CCN(C[C@H](N)CF)C3=O. The Bertz CT molecular complexity index is 1670. The summed E-state index contributed by atoms with van der Waals surface area (Å²) < 4.78 is 23.8. The van der Waals surface area contributed by atoms with Gasteiger partial charge in [0.1, 0.15) is 12.4 Å².